The van der Waals surface area contributed by atoms with Crippen molar-refractivity contribution in [2.24, 2.45) is 5.92 Å². The maximum Gasteiger partial charge on any atom is 0.0378 e. The van der Waals surface area contributed by atoms with Crippen LogP contribution in [-0.2, 0) is 0 Å². The van der Waals surface area contributed by atoms with Gasteiger partial charge >= 0.3 is 0 Å². The second-order valence-electron chi connectivity index (χ2n) is 3.82. The van der Waals surface area contributed by atoms with Gasteiger partial charge in [0, 0.05) is 11.9 Å². The van der Waals surface area contributed by atoms with Crippen molar-refractivity contribution in [3.8, 4) is 0 Å². The van der Waals surface area contributed by atoms with Gasteiger partial charge in [-0.3, -0.25) is 4.98 Å². The zero-order valence-corrected chi connectivity index (χ0v) is 7.12. The Balaban J connectivity index is 2.21. The minimum atomic E-state index is 0.804. The van der Waals surface area contributed by atoms with Crippen molar-refractivity contribution in [1.29, 1.82) is 0 Å². The molecule has 0 bridgehead atoms. The van der Waals surface area contributed by atoms with E-state index in [0.717, 1.165) is 17.5 Å². The molecule has 1 fully saturated rings. The maximum atomic E-state index is 4.34. The van der Waals surface area contributed by atoms with Gasteiger partial charge in [0.05, 0.1) is 0 Å². The Kier molecular flexibility index (Phi) is 1.06. The van der Waals surface area contributed by atoms with E-state index in [1.54, 1.807) is 0 Å². The van der Waals surface area contributed by atoms with E-state index in [1.165, 1.54) is 17.5 Å². The number of hydrogen-bond acceptors (Lipinski definition) is 1. The van der Waals surface area contributed by atoms with Crippen LogP contribution in [0.3, 0.4) is 0 Å². The predicted molar refractivity (Wildman–Crippen MR) is 48.9 cm³/mol. The lowest BCUT2D eigenvalue weighted by molar-refractivity contribution is 0.973. The van der Waals surface area contributed by atoms with Crippen LogP contribution in [-0.4, -0.2) is 4.98 Å². The summed E-state index contributed by atoms with van der Waals surface area (Å²) in [6, 6.07) is 2.18. The average Bonchev–Trinajstić information content (AvgIpc) is 2.82. The fourth-order valence-corrected chi connectivity index (χ4v) is 2.06. The largest absolute Gasteiger partial charge is 0.261 e. The summed E-state index contributed by atoms with van der Waals surface area (Å²) in [6.45, 7) is 2.05. The predicted octanol–water partition coefficient (Wildman–Crippen LogP) is 2.52. The van der Waals surface area contributed by atoms with Crippen LogP contribution in [0, 0.1) is 12.8 Å². The molecule has 1 heteroatoms. The van der Waals surface area contributed by atoms with Crippen LogP contribution < -0.4 is 0 Å². The molecule has 2 atom stereocenters. The lowest BCUT2D eigenvalue weighted by Crippen LogP contribution is -1.95. The molecule has 3 rings (SSSR count). The zero-order chi connectivity index (χ0) is 8.13. The van der Waals surface area contributed by atoms with Crippen LogP contribution in [0.2, 0.25) is 0 Å². The smallest absolute Gasteiger partial charge is 0.0378 e. The Hall–Kier alpha value is -1.11. The minimum absolute atomic E-state index is 0.804. The summed E-state index contributed by atoms with van der Waals surface area (Å²) >= 11 is 0. The van der Waals surface area contributed by atoms with Crippen LogP contribution in [0.15, 0.2) is 18.3 Å². The topological polar surface area (TPSA) is 12.9 Å². The van der Waals surface area contributed by atoms with Crippen LogP contribution in [0.1, 0.15) is 29.2 Å². The summed E-state index contributed by atoms with van der Waals surface area (Å²) in [5, 5.41) is 0. The highest BCUT2D eigenvalue weighted by Gasteiger charge is 2.39. The Labute approximate surface area is 72.1 Å². The fourth-order valence-electron chi connectivity index (χ4n) is 2.06. The first-order valence-corrected chi connectivity index (χ1v) is 4.49. The quantitative estimate of drug-likeness (QED) is 0.564. The third-order valence-electron chi connectivity index (χ3n) is 2.87. The van der Waals surface area contributed by atoms with Gasteiger partial charge in [0.1, 0.15) is 0 Å². The summed E-state index contributed by atoms with van der Waals surface area (Å²) in [5.41, 5.74) is 3.98. The summed E-state index contributed by atoms with van der Waals surface area (Å²) in [6.07, 6.45) is 7.98. The molecule has 2 aliphatic carbocycles. The number of aromatic nitrogens is 1. The van der Waals surface area contributed by atoms with Crippen molar-refractivity contribution in [3.63, 3.8) is 0 Å². The molecule has 60 valence electrons. The molecule has 0 N–H and O–H groups in total. The molecule has 1 heterocycles. The molecule has 0 spiro atoms. The molecule has 0 amide bonds. The minimum Gasteiger partial charge on any atom is -0.261 e. The number of allylic oxidation sites excluding steroid dienone is 1. The van der Waals surface area contributed by atoms with Gasteiger partial charge in [-0.25, -0.2) is 0 Å². The molecular weight excluding hydrogens is 146 g/mol. The van der Waals surface area contributed by atoms with Crippen LogP contribution in [0.4, 0.5) is 0 Å². The molecule has 0 aromatic carbocycles. The normalized spacial score (nSPS) is 29.4. The van der Waals surface area contributed by atoms with Crippen LogP contribution in [0.5, 0.6) is 0 Å². The van der Waals surface area contributed by atoms with Gasteiger partial charge in [0.2, 0.25) is 0 Å². The molecule has 0 aliphatic heterocycles. The van der Waals surface area contributed by atoms with Gasteiger partial charge in [-0.2, -0.15) is 0 Å². The molecule has 1 aromatic heterocycles. The highest BCUT2D eigenvalue weighted by molar-refractivity contribution is 5.60. The molecule has 2 aliphatic rings. The fraction of sp³-hybridized carbons (Fsp3) is 0.364. The third kappa shape index (κ3) is 0.765. The van der Waals surface area contributed by atoms with Crippen molar-refractivity contribution in [3.05, 3.63) is 35.2 Å². The number of nitrogens with zero attached hydrogens (tertiary/aromatic N) is 1. The lowest BCUT2D eigenvalue weighted by Gasteiger charge is -2.08. The van der Waals surface area contributed by atoms with E-state index in [4.69, 9.17) is 0 Å². The van der Waals surface area contributed by atoms with E-state index < -0.39 is 0 Å². The third-order valence-corrected chi connectivity index (χ3v) is 2.87. The summed E-state index contributed by atoms with van der Waals surface area (Å²) < 4.78 is 0. The first-order chi connectivity index (χ1) is 5.84. The second-order valence-corrected chi connectivity index (χ2v) is 3.82. The van der Waals surface area contributed by atoms with E-state index in [9.17, 15) is 0 Å². The monoisotopic (exact) mass is 157 g/mol. The number of hydrogen-bond donors (Lipinski definition) is 0. The lowest BCUT2D eigenvalue weighted by atomic mass is 9.99. The van der Waals surface area contributed by atoms with Gasteiger partial charge in [0.15, 0.2) is 0 Å². The van der Waals surface area contributed by atoms with Crippen LogP contribution in [0.25, 0.3) is 6.08 Å². The van der Waals surface area contributed by atoms with E-state index in [1.807, 2.05) is 6.92 Å². The van der Waals surface area contributed by atoms with Gasteiger partial charge in [0.25, 0.3) is 0 Å². The van der Waals surface area contributed by atoms with E-state index in [0.29, 0.717) is 0 Å². The molecule has 0 radical (unpaired) electrons. The van der Waals surface area contributed by atoms with E-state index in [-0.39, 0.29) is 0 Å². The highest BCUT2D eigenvalue weighted by Crippen LogP contribution is 2.52. The number of pyridine rings is 1. The number of rotatable bonds is 0. The molecular formula is C11H11N. The Morgan fingerprint density at radius 3 is 3.33 bits per heavy atom. The summed E-state index contributed by atoms with van der Waals surface area (Å²) in [4.78, 5) is 4.34. The maximum absolute atomic E-state index is 4.34. The number of fused-ring (bicyclic) bond motifs is 3. The van der Waals surface area contributed by atoms with Gasteiger partial charge in [-0.1, -0.05) is 12.2 Å². The summed E-state index contributed by atoms with van der Waals surface area (Å²) in [5.74, 6) is 1.64. The highest BCUT2D eigenvalue weighted by atomic mass is 14.7. The average molecular weight is 157 g/mol. The second kappa shape index (κ2) is 1.98. The van der Waals surface area contributed by atoms with Crippen molar-refractivity contribution in [2.45, 2.75) is 19.3 Å². The molecule has 2 unspecified atom stereocenters. The Morgan fingerprint density at radius 2 is 2.42 bits per heavy atom. The zero-order valence-electron chi connectivity index (χ0n) is 7.12. The van der Waals surface area contributed by atoms with E-state index >= 15 is 0 Å². The van der Waals surface area contributed by atoms with Crippen molar-refractivity contribution >= 4 is 6.08 Å². The standard InChI is InChI=1S/C11H11N/c1-7-4-8-2-3-9-5-10(9)11(8)6-12-7/h2-4,6,9-10H,5H2,1H3. The first-order valence-electron chi connectivity index (χ1n) is 4.49. The van der Waals surface area contributed by atoms with Gasteiger partial charge < -0.3 is 0 Å². The Bertz CT molecular complexity index is 365. The van der Waals surface area contributed by atoms with Crippen molar-refractivity contribution < 1.29 is 0 Å². The van der Waals surface area contributed by atoms with Crippen molar-refractivity contribution in [1.82, 2.24) is 4.98 Å². The first kappa shape index (κ1) is 6.41. The molecule has 0 saturated heterocycles. The van der Waals surface area contributed by atoms with Gasteiger partial charge in [-0.05, 0) is 42.4 Å². The SMILES string of the molecule is Cc1cc2c(cn1)C1CC1C=C2. The molecule has 1 saturated carbocycles. The van der Waals surface area contributed by atoms with Crippen molar-refractivity contribution in [2.75, 3.05) is 0 Å². The number of aryl methyl sites for hydroxylation is 1. The molecule has 1 nitrogen and oxygen atoms in total. The van der Waals surface area contributed by atoms with Crippen LogP contribution >= 0.6 is 0 Å². The van der Waals surface area contributed by atoms with E-state index in [2.05, 4.69) is 29.4 Å². The Morgan fingerprint density at radius 1 is 1.50 bits per heavy atom. The molecule has 1 aromatic rings. The van der Waals surface area contributed by atoms with Gasteiger partial charge in [-0.15, -0.1) is 0 Å². The summed E-state index contributed by atoms with van der Waals surface area (Å²) in [7, 11) is 0. The molecule has 12 heavy (non-hydrogen) atoms.